The molecule has 4 nitrogen and oxygen atoms in total. The van der Waals surface area contributed by atoms with Crippen LogP contribution in [0, 0.1) is 11.8 Å². The fraction of sp³-hybridized carbons (Fsp3) is 0.478. The standard InChI is InChI=1S/C23H34N2O2/c1-5-8-18-9-7-14-24-22(18)21-13-11-19(15-25-21)17(4)10-12-20(23(26)27)16(3)6-2/h5,7-12,16,20-27H,1,4,6,13-15H2,2-3H3/b12-10-,18-8-. The number of allylic oxidation sites excluding steroid dienone is 3. The molecule has 0 spiro atoms. The highest BCUT2D eigenvalue weighted by Gasteiger charge is 2.26. The fourth-order valence-corrected chi connectivity index (χ4v) is 3.64. The first-order chi connectivity index (χ1) is 13.0. The third-order valence-electron chi connectivity index (χ3n) is 5.59. The van der Waals surface area contributed by atoms with Crippen LogP contribution in [0.3, 0.4) is 0 Å². The Balaban J connectivity index is 2.00. The third-order valence-corrected chi connectivity index (χ3v) is 5.59. The van der Waals surface area contributed by atoms with Gasteiger partial charge in [-0.1, -0.05) is 76.0 Å². The Morgan fingerprint density at radius 2 is 2.15 bits per heavy atom. The van der Waals surface area contributed by atoms with E-state index < -0.39 is 6.29 Å². The van der Waals surface area contributed by atoms with Gasteiger partial charge in [-0.2, -0.15) is 0 Å². The van der Waals surface area contributed by atoms with Gasteiger partial charge in [0, 0.05) is 31.1 Å². The van der Waals surface area contributed by atoms with Crippen molar-refractivity contribution in [1.82, 2.24) is 10.6 Å². The largest absolute Gasteiger partial charge is 0.368 e. The number of rotatable bonds is 8. The molecule has 0 aromatic carbocycles. The Bertz CT molecular complexity index is 643. The van der Waals surface area contributed by atoms with Crippen LogP contribution in [0.4, 0.5) is 0 Å². The van der Waals surface area contributed by atoms with E-state index >= 15 is 0 Å². The SMILES string of the molecule is C=C/C=C1/C=CCNC1C1CC=C(C(=C)/C=C\C(C(O)O)C(C)CC)CN1. The van der Waals surface area contributed by atoms with E-state index in [4.69, 9.17) is 0 Å². The zero-order chi connectivity index (χ0) is 19.8. The van der Waals surface area contributed by atoms with E-state index in [0.29, 0.717) is 6.04 Å². The molecule has 0 saturated heterocycles. The number of hydrogen-bond acceptors (Lipinski definition) is 4. The summed E-state index contributed by atoms with van der Waals surface area (Å²) >= 11 is 0. The van der Waals surface area contributed by atoms with Crippen molar-refractivity contribution in [1.29, 1.82) is 0 Å². The maximum absolute atomic E-state index is 9.61. The summed E-state index contributed by atoms with van der Waals surface area (Å²) in [4.78, 5) is 0. The number of hydrogen-bond donors (Lipinski definition) is 4. The van der Waals surface area contributed by atoms with Crippen molar-refractivity contribution in [2.24, 2.45) is 11.8 Å². The minimum atomic E-state index is -1.34. The molecule has 2 heterocycles. The Morgan fingerprint density at radius 3 is 2.74 bits per heavy atom. The number of aliphatic hydroxyl groups excluding tert-OH is 1. The second kappa shape index (κ2) is 10.6. The number of nitrogens with one attached hydrogen (secondary N) is 2. The Hall–Kier alpha value is -1.72. The molecule has 4 heteroatoms. The first-order valence-corrected chi connectivity index (χ1v) is 9.86. The Kier molecular flexibility index (Phi) is 8.45. The van der Waals surface area contributed by atoms with Crippen LogP contribution < -0.4 is 10.6 Å². The highest BCUT2D eigenvalue weighted by molar-refractivity contribution is 5.41. The lowest BCUT2D eigenvalue weighted by Crippen LogP contribution is -2.51. The van der Waals surface area contributed by atoms with E-state index in [2.05, 4.69) is 55.0 Å². The predicted octanol–water partition coefficient (Wildman–Crippen LogP) is 3.00. The molecule has 2 rings (SSSR count). The van der Waals surface area contributed by atoms with Crippen LogP contribution in [-0.2, 0) is 0 Å². The normalized spacial score (nSPS) is 27.0. The average Bonchev–Trinajstić information content (AvgIpc) is 2.68. The quantitative estimate of drug-likeness (QED) is 0.392. The van der Waals surface area contributed by atoms with Gasteiger partial charge in [0.25, 0.3) is 0 Å². The summed E-state index contributed by atoms with van der Waals surface area (Å²) in [6.07, 6.45) is 14.7. The van der Waals surface area contributed by atoms with Crippen molar-refractivity contribution in [3.8, 4) is 0 Å². The smallest absolute Gasteiger partial charge is 0.158 e. The van der Waals surface area contributed by atoms with Gasteiger partial charge in [-0.05, 0) is 29.1 Å². The van der Waals surface area contributed by atoms with Gasteiger partial charge in [-0.15, -0.1) is 0 Å². The van der Waals surface area contributed by atoms with Crippen molar-refractivity contribution in [3.05, 3.63) is 72.4 Å². The zero-order valence-electron chi connectivity index (χ0n) is 16.6. The lowest BCUT2D eigenvalue weighted by atomic mass is 9.88. The van der Waals surface area contributed by atoms with Crippen LogP contribution in [0.1, 0.15) is 26.7 Å². The molecule has 0 amide bonds. The lowest BCUT2D eigenvalue weighted by molar-refractivity contribution is -0.0832. The molecular weight excluding hydrogens is 336 g/mol. The molecule has 2 aliphatic rings. The summed E-state index contributed by atoms with van der Waals surface area (Å²) in [6.45, 7) is 13.7. The van der Waals surface area contributed by atoms with Crippen molar-refractivity contribution in [3.63, 3.8) is 0 Å². The maximum atomic E-state index is 9.61. The maximum Gasteiger partial charge on any atom is 0.158 e. The molecular formula is C23H34N2O2. The molecule has 0 bridgehead atoms. The zero-order valence-corrected chi connectivity index (χ0v) is 16.6. The molecule has 0 fully saturated rings. The van der Waals surface area contributed by atoms with Gasteiger partial charge < -0.3 is 20.8 Å². The van der Waals surface area contributed by atoms with E-state index in [1.807, 2.05) is 25.2 Å². The van der Waals surface area contributed by atoms with Crippen LogP contribution in [0.2, 0.25) is 0 Å². The number of aliphatic hydroxyl groups is 2. The Morgan fingerprint density at radius 1 is 1.37 bits per heavy atom. The summed E-state index contributed by atoms with van der Waals surface area (Å²) in [5.41, 5.74) is 3.34. The first-order valence-electron chi connectivity index (χ1n) is 9.86. The highest BCUT2D eigenvalue weighted by Crippen LogP contribution is 2.24. The molecule has 0 radical (unpaired) electrons. The molecule has 27 heavy (non-hydrogen) atoms. The van der Waals surface area contributed by atoms with Crippen LogP contribution in [0.5, 0.6) is 0 Å². The molecule has 0 saturated carbocycles. The summed E-state index contributed by atoms with van der Waals surface area (Å²) in [7, 11) is 0. The summed E-state index contributed by atoms with van der Waals surface area (Å²) in [6, 6.07) is 0.600. The van der Waals surface area contributed by atoms with Crippen molar-refractivity contribution >= 4 is 0 Å². The van der Waals surface area contributed by atoms with Gasteiger partial charge in [0.2, 0.25) is 0 Å². The van der Waals surface area contributed by atoms with Gasteiger partial charge >= 0.3 is 0 Å². The summed E-state index contributed by atoms with van der Waals surface area (Å²) in [5, 5.41) is 26.4. The lowest BCUT2D eigenvalue weighted by Gasteiger charge is -2.34. The highest BCUT2D eigenvalue weighted by atomic mass is 16.5. The molecule has 4 unspecified atom stereocenters. The van der Waals surface area contributed by atoms with E-state index in [-0.39, 0.29) is 17.9 Å². The van der Waals surface area contributed by atoms with Gasteiger partial charge in [-0.3, -0.25) is 0 Å². The molecule has 4 N–H and O–H groups in total. The van der Waals surface area contributed by atoms with Gasteiger partial charge in [0.15, 0.2) is 6.29 Å². The van der Waals surface area contributed by atoms with Crippen LogP contribution >= 0.6 is 0 Å². The third kappa shape index (κ3) is 5.88. The summed E-state index contributed by atoms with van der Waals surface area (Å²) in [5.74, 6) is -0.0705. The van der Waals surface area contributed by atoms with E-state index in [0.717, 1.165) is 31.5 Å². The second-order valence-corrected chi connectivity index (χ2v) is 7.40. The van der Waals surface area contributed by atoms with Gasteiger partial charge in [0.1, 0.15) is 0 Å². The van der Waals surface area contributed by atoms with E-state index in [1.165, 1.54) is 11.1 Å². The minimum absolute atomic E-state index is 0.206. The van der Waals surface area contributed by atoms with Gasteiger partial charge in [0.05, 0.1) is 0 Å². The van der Waals surface area contributed by atoms with E-state index in [9.17, 15) is 10.2 Å². The molecule has 0 aliphatic carbocycles. The average molecular weight is 371 g/mol. The first kappa shape index (κ1) is 21.6. The predicted molar refractivity (Wildman–Crippen MR) is 113 cm³/mol. The molecule has 2 aliphatic heterocycles. The van der Waals surface area contributed by atoms with Gasteiger partial charge in [-0.25, -0.2) is 0 Å². The molecule has 148 valence electrons. The van der Waals surface area contributed by atoms with Crippen molar-refractivity contribution in [2.75, 3.05) is 13.1 Å². The van der Waals surface area contributed by atoms with Crippen LogP contribution in [0.15, 0.2) is 72.4 Å². The monoisotopic (exact) mass is 370 g/mol. The van der Waals surface area contributed by atoms with Crippen LogP contribution in [0.25, 0.3) is 0 Å². The fourth-order valence-electron chi connectivity index (χ4n) is 3.64. The minimum Gasteiger partial charge on any atom is -0.368 e. The second-order valence-electron chi connectivity index (χ2n) is 7.40. The summed E-state index contributed by atoms with van der Waals surface area (Å²) < 4.78 is 0. The van der Waals surface area contributed by atoms with E-state index in [1.54, 1.807) is 0 Å². The molecule has 0 aromatic rings. The Labute approximate surface area is 163 Å². The molecule has 4 atom stereocenters. The van der Waals surface area contributed by atoms with Crippen LogP contribution in [-0.4, -0.2) is 41.7 Å². The van der Waals surface area contributed by atoms with Crippen molar-refractivity contribution in [2.45, 2.75) is 45.1 Å². The van der Waals surface area contributed by atoms with Crippen molar-refractivity contribution < 1.29 is 10.2 Å². The topological polar surface area (TPSA) is 64.5 Å². The molecule has 0 aromatic heterocycles.